The Hall–Kier alpha value is -3.88. The molecule has 46 heavy (non-hydrogen) atoms. The molecule has 3 aromatic heterocycles. The number of pyridine rings is 1. The summed E-state index contributed by atoms with van der Waals surface area (Å²) >= 11 is 6.75. The highest BCUT2D eigenvalue weighted by Gasteiger charge is 2.49. The van der Waals surface area contributed by atoms with Crippen molar-refractivity contribution < 1.29 is 32.5 Å². The number of H-pyrrole nitrogens is 1. The van der Waals surface area contributed by atoms with Gasteiger partial charge in [0.2, 0.25) is 0 Å². The molecule has 6 bridgehead atoms. The Morgan fingerprint density at radius 1 is 1.15 bits per heavy atom. The van der Waals surface area contributed by atoms with E-state index in [4.69, 9.17) is 35.5 Å². The number of hydrogen-bond acceptors (Lipinski definition) is 11. The molecule has 4 aromatic rings. The van der Waals surface area contributed by atoms with Crippen LogP contribution >= 0.6 is 11.6 Å². The van der Waals surface area contributed by atoms with Gasteiger partial charge in [-0.15, -0.1) is 0 Å². The van der Waals surface area contributed by atoms with E-state index >= 15 is 4.39 Å². The maximum absolute atomic E-state index is 17.0. The molecule has 8 heterocycles. The third-order valence-electron chi connectivity index (χ3n) is 9.50. The molecule has 0 spiro atoms. The number of anilines is 1. The Morgan fingerprint density at radius 2 is 2.07 bits per heavy atom. The van der Waals surface area contributed by atoms with Gasteiger partial charge in [0, 0.05) is 41.7 Å². The Labute approximate surface area is 267 Å². The number of hydrogen-bond donors (Lipinski definition) is 1. The van der Waals surface area contributed by atoms with Gasteiger partial charge in [0.15, 0.2) is 5.82 Å². The third kappa shape index (κ3) is 5.16. The lowest BCUT2D eigenvalue weighted by Gasteiger charge is -2.31. The van der Waals surface area contributed by atoms with Crippen LogP contribution in [0, 0.1) is 5.82 Å². The summed E-state index contributed by atoms with van der Waals surface area (Å²) in [5, 5.41) is 8.44. The summed E-state index contributed by atoms with van der Waals surface area (Å²) in [6.45, 7) is 2.46. The highest BCUT2D eigenvalue weighted by Crippen LogP contribution is 2.42. The second kappa shape index (κ2) is 11.7. The number of rotatable bonds is 3. The summed E-state index contributed by atoms with van der Waals surface area (Å²) < 4.78 is 54.4. The fourth-order valence-electron chi connectivity index (χ4n) is 7.38. The number of carbonyl (C=O) groups excluding carboxylic acids is 1. The minimum absolute atomic E-state index is 0.0114. The predicted molar refractivity (Wildman–Crippen MR) is 164 cm³/mol. The summed E-state index contributed by atoms with van der Waals surface area (Å²) in [6.07, 6.45) is 3.61. The molecular formula is C31H32ClF2N7O5. The van der Waals surface area contributed by atoms with Gasteiger partial charge in [0.1, 0.15) is 35.9 Å². The van der Waals surface area contributed by atoms with Crippen LogP contribution in [0.2, 0.25) is 5.02 Å². The van der Waals surface area contributed by atoms with E-state index in [9.17, 15) is 9.18 Å². The zero-order valence-corrected chi connectivity index (χ0v) is 25.7. The maximum Gasteiger partial charge on any atom is 0.508 e. The van der Waals surface area contributed by atoms with Crippen molar-refractivity contribution in [3.05, 3.63) is 34.9 Å². The summed E-state index contributed by atoms with van der Waals surface area (Å²) in [4.78, 5) is 30.6. The van der Waals surface area contributed by atoms with Crippen molar-refractivity contribution >= 4 is 45.4 Å². The van der Waals surface area contributed by atoms with Gasteiger partial charge in [-0.1, -0.05) is 11.6 Å². The monoisotopic (exact) mass is 655 g/mol. The second-order valence-electron chi connectivity index (χ2n) is 12.4. The number of nitrogens with zero attached hydrogens (tertiary/aromatic N) is 6. The van der Waals surface area contributed by atoms with Crippen molar-refractivity contribution in [3.63, 3.8) is 0 Å². The van der Waals surface area contributed by atoms with Gasteiger partial charge in [-0.05, 0) is 43.9 Å². The molecule has 0 aliphatic carbocycles. The van der Waals surface area contributed by atoms with Crippen molar-refractivity contribution in [1.29, 1.82) is 0 Å². The zero-order chi connectivity index (χ0) is 31.4. The van der Waals surface area contributed by atoms with Crippen molar-refractivity contribution in [2.24, 2.45) is 0 Å². The summed E-state index contributed by atoms with van der Waals surface area (Å²) in [7, 11) is 0. The Balaban J connectivity index is 1.30. The molecule has 1 N–H and O–H groups in total. The average molecular weight is 656 g/mol. The molecule has 0 saturated carbocycles. The highest BCUT2D eigenvalue weighted by molar-refractivity contribution is 6.33. The third-order valence-corrected chi connectivity index (χ3v) is 9.83. The number of nitrogens with one attached hydrogen (secondary N) is 1. The molecule has 3 fully saturated rings. The minimum atomic E-state index is -0.928. The first-order valence-corrected chi connectivity index (χ1v) is 16.0. The fourth-order valence-corrected chi connectivity index (χ4v) is 7.68. The van der Waals surface area contributed by atoms with Crippen LogP contribution in [0.1, 0.15) is 31.2 Å². The molecule has 9 rings (SSSR count). The highest BCUT2D eigenvalue weighted by atomic mass is 35.5. The van der Waals surface area contributed by atoms with Gasteiger partial charge >= 0.3 is 12.2 Å². The number of ether oxygens (including phenoxy) is 4. The molecule has 1 unspecified atom stereocenters. The Kier molecular flexibility index (Phi) is 7.53. The van der Waals surface area contributed by atoms with Crippen molar-refractivity contribution in [1.82, 2.24) is 30.0 Å². The smallest absolute Gasteiger partial charge is 0.461 e. The van der Waals surface area contributed by atoms with Crippen LogP contribution in [0.5, 0.6) is 6.01 Å². The topological polar surface area (TPSA) is 128 Å². The minimum Gasteiger partial charge on any atom is -0.461 e. The number of benzene rings is 1. The Morgan fingerprint density at radius 3 is 2.98 bits per heavy atom. The van der Waals surface area contributed by atoms with Crippen LogP contribution in [-0.4, -0.2) is 107 Å². The maximum atomic E-state index is 17.0. The van der Waals surface area contributed by atoms with Crippen LogP contribution in [0.25, 0.3) is 33.1 Å². The van der Waals surface area contributed by atoms with Gasteiger partial charge in [-0.3, -0.25) is 15.0 Å². The normalized spacial score (nSPS) is 25.5. The number of fused-ring (bicyclic) bond motifs is 8. The predicted octanol–water partition coefficient (Wildman–Crippen LogP) is 4.62. The number of alkyl halides is 1. The molecule has 5 aliphatic rings. The quantitative estimate of drug-likeness (QED) is 0.311. The van der Waals surface area contributed by atoms with Crippen LogP contribution in [0.4, 0.5) is 19.4 Å². The van der Waals surface area contributed by atoms with Crippen molar-refractivity contribution in [3.8, 4) is 17.3 Å². The standard InChI is InChI=1S/C31H32ClF2N7O5/c32-22-9-23-20(12-36-39-23)24-19(22)3-1-7-44-30(42)46-18-14-40(6-8-43-15-18)28-21-11-35-27(24)25(34)26(21)37-29(38-28)45-16-31-4-2-5-41(31)13-17(33)10-31/h9,11-12,17-18H,1-8,10,13-16H2,(H,36,39)/t17-,18+,31?/m1/s1. The molecule has 12 nitrogen and oxygen atoms in total. The van der Waals surface area contributed by atoms with Crippen LogP contribution in [0.15, 0.2) is 18.5 Å². The molecule has 0 amide bonds. The van der Waals surface area contributed by atoms with Crippen LogP contribution in [-0.2, 0) is 20.6 Å². The van der Waals surface area contributed by atoms with Crippen molar-refractivity contribution in [2.45, 2.75) is 49.9 Å². The molecule has 3 saturated heterocycles. The summed E-state index contributed by atoms with van der Waals surface area (Å²) in [5.41, 5.74) is 1.32. The zero-order valence-electron chi connectivity index (χ0n) is 24.9. The lowest BCUT2D eigenvalue weighted by Crippen LogP contribution is -2.43. The molecule has 3 atom stereocenters. The van der Waals surface area contributed by atoms with E-state index in [1.54, 1.807) is 18.5 Å². The SMILES string of the molecule is O=C1OCCCc2c(Cl)cc3[nH]ncc3c2-c2ncc3c(nc(OCC45CCCN4C[C@H](F)C5)nc3c2F)N2CCOC[C@H](C2)O1. The molecule has 5 aliphatic heterocycles. The second-order valence-corrected chi connectivity index (χ2v) is 12.8. The molecule has 0 radical (unpaired) electrons. The number of aromatic nitrogens is 5. The van der Waals surface area contributed by atoms with Crippen LogP contribution < -0.4 is 9.64 Å². The lowest BCUT2D eigenvalue weighted by atomic mass is 9.95. The van der Waals surface area contributed by atoms with E-state index in [1.807, 2.05) is 4.90 Å². The Bertz CT molecular complexity index is 1830. The molecule has 15 heteroatoms. The van der Waals surface area contributed by atoms with E-state index in [0.717, 1.165) is 19.4 Å². The van der Waals surface area contributed by atoms with E-state index in [2.05, 4.69) is 25.1 Å². The first-order valence-electron chi connectivity index (χ1n) is 15.6. The molecule has 242 valence electrons. The number of halogens is 3. The lowest BCUT2D eigenvalue weighted by molar-refractivity contribution is -0.00448. The molecule has 1 aromatic carbocycles. The van der Waals surface area contributed by atoms with Gasteiger partial charge in [-0.2, -0.15) is 15.1 Å². The van der Waals surface area contributed by atoms with Gasteiger partial charge in [-0.25, -0.2) is 13.6 Å². The first-order chi connectivity index (χ1) is 22.4. The average Bonchev–Trinajstić information content (AvgIpc) is 3.68. The first kappa shape index (κ1) is 29.5. The summed E-state index contributed by atoms with van der Waals surface area (Å²) in [5.74, 6) is -0.312. The van der Waals surface area contributed by atoms with E-state index in [-0.39, 0.29) is 43.6 Å². The van der Waals surface area contributed by atoms with Gasteiger partial charge < -0.3 is 23.8 Å². The van der Waals surface area contributed by atoms with E-state index in [1.165, 1.54) is 0 Å². The van der Waals surface area contributed by atoms with E-state index < -0.39 is 29.8 Å². The number of carbonyl (C=O) groups is 1. The van der Waals surface area contributed by atoms with Crippen molar-refractivity contribution in [2.75, 3.05) is 57.5 Å². The van der Waals surface area contributed by atoms with E-state index in [0.29, 0.717) is 77.2 Å². The van der Waals surface area contributed by atoms with Gasteiger partial charge in [0.25, 0.3) is 0 Å². The largest absolute Gasteiger partial charge is 0.508 e. The molecular weight excluding hydrogens is 624 g/mol. The fraction of sp³-hybridized carbons (Fsp3) is 0.516. The van der Waals surface area contributed by atoms with Crippen LogP contribution in [0.3, 0.4) is 0 Å². The number of aromatic amines is 1. The van der Waals surface area contributed by atoms with Gasteiger partial charge in [0.05, 0.1) is 49.0 Å². The summed E-state index contributed by atoms with van der Waals surface area (Å²) in [6, 6.07) is 1.70.